The summed E-state index contributed by atoms with van der Waals surface area (Å²) in [6.45, 7) is 5.42. The molecule has 0 bridgehead atoms. The molecule has 8 heteroatoms. The van der Waals surface area contributed by atoms with Gasteiger partial charge in [-0.05, 0) is 43.4 Å². The first-order chi connectivity index (χ1) is 12.4. The molecule has 0 saturated carbocycles. The summed E-state index contributed by atoms with van der Waals surface area (Å²) in [6, 6.07) is 7.88. The van der Waals surface area contributed by atoms with Crippen LogP contribution in [0.2, 0.25) is 0 Å². The lowest BCUT2D eigenvalue weighted by Gasteiger charge is -2.30. The van der Waals surface area contributed by atoms with Crippen LogP contribution in [-0.2, 0) is 16.6 Å². The maximum atomic E-state index is 11.6. The van der Waals surface area contributed by atoms with Gasteiger partial charge < -0.3 is 15.4 Å². The zero-order valence-corrected chi connectivity index (χ0v) is 16.7. The van der Waals surface area contributed by atoms with Crippen LogP contribution in [0.15, 0.2) is 29.3 Å². The van der Waals surface area contributed by atoms with Gasteiger partial charge in [-0.1, -0.05) is 12.1 Å². The van der Waals surface area contributed by atoms with E-state index in [0.29, 0.717) is 25.6 Å². The quantitative estimate of drug-likeness (QED) is 0.550. The van der Waals surface area contributed by atoms with Crippen LogP contribution in [0.25, 0.3) is 0 Å². The molecule has 0 amide bonds. The molecule has 1 aromatic carbocycles. The minimum absolute atomic E-state index is 0.456. The van der Waals surface area contributed by atoms with Crippen LogP contribution in [-0.4, -0.2) is 58.2 Å². The summed E-state index contributed by atoms with van der Waals surface area (Å²) in [5, 5.41) is 6.64. The number of benzene rings is 1. The third kappa shape index (κ3) is 6.49. The van der Waals surface area contributed by atoms with Gasteiger partial charge in [0.1, 0.15) is 5.75 Å². The zero-order valence-electron chi connectivity index (χ0n) is 15.9. The van der Waals surface area contributed by atoms with Crippen molar-refractivity contribution in [2.45, 2.75) is 26.3 Å². The molecule has 1 saturated heterocycles. The summed E-state index contributed by atoms with van der Waals surface area (Å²) < 4.78 is 29.9. The van der Waals surface area contributed by atoms with E-state index in [2.05, 4.69) is 15.6 Å². The number of nitrogens with zero attached hydrogens (tertiary/aromatic N) is 2. The minimum atomic E-state index is -3.07. The van der Waals surface area contributed by atoms with Gasteiger partial charge in [-0.2, -0.15) is 0 Å². The summed E-state index contributed by atoms with van der Waals surface area (Å²) in [5.41, 5.74) is 1.12. The first-order valence-corrected chi connectivity index (χ1v) is 10.9. The van der Waals surface area contributed by atoms with E-state index < -0.39 is 10.0 Å². The number of piperidine rings is 1. The van der Waals surface area contributed by atoms with Crippen molar-refractivity contribution in [3.8, 4) is 5.75 Å². The second kappa shape index (κ2) is 9.78. The van der Waals surface area contributed by atoms with Crippen molar-refractivity contribution in [3.63, 3.8) is 0 Å². The summed E-state index contributed by atoms with van der Waals surface area (Å²) in [7, 11) is -1.41. The van der Waals surface area contributed by atoms with Crippen LogP contribution in [0.5, 0.6) is 5.75 Å². The van der Waals surface area contributed by atoms with Crippen LogP contribution in [0, 0.1) is 5.92 Å². The lowest BCUT2D eigenvalue weighted by atomic mass is 9.98. The Morgan fingerprint density at radius 3 is 2.42 bits per heavy atom. The van der Waals surface area contributed by atoms with Crippen molar-refractivity contribution >= 4 is 16.0 Å². The molecule has 1 heterocycles. The molecular weight excluding hydrogens is 352 g/mol. The van der Waals surface area contributed by atoms with Crippen molar-refractivity contribution in [2.75, 3.05) is 39.5 Å². The van der Waals surface area contributed by atoms with Gasteiger partial charge in [-0.15, -0.1) is 0 Å². The van der Waals surface area contributed by atoms with Crippen molar-refractivity contribution in [1.29, 1.82) is 0 Å². The molecule has 0 aromatic heterocycles. The van der Waals surface area contributed by atoms with Gasteiger partial charge in [0, 0.05) is 26.2 Å². The van der Waals surface area contributed by atoms with Crippen LogP contribution in [0.1, 0.15) is 25.3 Å². The monoisotopic (exact) mass is 382 g/mol. The number of hydrogen-bond donors (Lipinski definition) is 2. The molecule has 0 radical (unpaired) electrons. The first-order valence-electron chi connectivity index (χ1n) is 9.02. The molecule has 0 unspecified atom stereocenters. The van der Waals surface area contributed by atoms with E-state index in [1.165, 1.54) is 6.26 Å². The topological polar surface area (TPSA) is 83.0 Å². The SMILES string of the molecule is CCNC(=NCc1ccc(OC)cc1)NCC1CCN(S(C)(=O)=O)CC1. The molecule has 0 aliphatic carbocycles. The molecule has 0 atom stereocenters. The summed E-state index contributed by atoms with van der Waals surface area (Å²) in [4.78, 5) is 4.63. The largest absolute Gasteiger partial charge is 0.497 e. The lowest BCUT2D eigenvalue weighted by Crippen LogP contribution is -2.44. The van der Waals surface area contributed by atoms with E-state index in [-0.39, 0.29) is 0 Å². The molecule has 7 nitrogen and oxygen atoms in total. The van der Waals surface area contributed by atoms with Gasteiger partial charge in [-0.3, -0.25) is 0 Å². The van der Waals surface area contributed by atoms with E-state index in [4.69, 9.17) is 4.74 Å². The maximum Gasteiger partial charge on any atom is 0.211 e. The lowest BCUT2D eigenvalue weighted by molar-refractivity contribution is 0.275. The van der Waals surface area contributed by atoms with Crippen molar-refractivity contribution in [1.82, 2.24) is 14.9 Å². The number of ether oxygens (including phenoxy) is 1. The van der Waals surface area contributed by atoms with E-state index in [0.717, 1.165) is 43.2 Å². The van der Waals surface area contributed by atoms with Crippen LogP contribution in [0.4, 0.5) is 0 Å². The normalized spacial score (nSPS) is 17.1. The second-order valence-corrected chi connectivity index (χ2v) is 8.51. The number of methoxy groups -OCH3 is 1. The molecule has 0 spiro atoms. The molecule has 1 fully saturated rings. The Morgan fingerprint density at radius 2 is 1.88 bits per heavy atom. The third-order valence-electron chi connectivity index (χ3n) is 4.52. The number of aliphatic imine (C=N–C) groups is 1. The number of nitrogens with one attached hydrogen (secondary N) is 2. The van der Waals surface area contributed by atoms with Gasteiger partial charge in [0.15, 0.2) is 5.96 Å². The van der Waals surface area contributed by atoms with E-state index in [1.54, 1.807) is 11.4 Å². The fourth-order valence-electron chi connectivity index (χ4n) is 2.93. The summed E-state index contributed by atoms with van der Waals surface area (Å²) in [6.07, 6.45) is 3.02. The standard InChI is InChI=1S/C18H30N4O3S/c1-4-19-18(20-13-15-5-7-17(25-2)8-6-15)21-14-16-9-11-22(12-10-16)26(3,23)24/h5-8,16H,4,9-14H2,1-3H3,(H2,19,20,21). The highest BCUT2D eigenvalue weighted by Crippen LogP contribution is 2.18. The number of sulfonamides is 1. The molecule has 1 aliphatic heterocycles. The number of rotatable bonds is 7. The molecule has 2 N–H and O–H groups in total. The first kappa shape index (κ1) is 20.5. The maximum absolute atomic E-state index is 11.6. The predicted molar refractivity (Wildman–Crippen MR) is 105 cm³/mol. The van der Waals surface area contributed by atoms with Crippen molar-refractivity contribution in [3.05, 3.63) is 29.8 Å². The molecule has 146 valence electrons. The fraction of sp³-hybridized carbons (Fsp3) is 0.611. The highest BCUT2D eigenvalue weighted by molar-refractivity contribution is 7.88. The molecule has 26 heavy (non-hydrogen) atoms. The molecule has 1 aliphatic rings. The van der Waals surface area contributed by atoms with E-state index >= 15 is 0 Å². The zero-order chi connectivity index (χ0) is 19.0. The van der Waals surface area contributed by atoms with Gasteiger partial charge in [0.2, 0.25) is 10.0 Å². The summed E-state index contributed by atoms with van der Waals surface area (Å²) >= 11 is 0. The van der Waals surface area contributed by atoms with Gasteiger partial charge in [-0.25, -0.2) is 17.7 Å². The minimum Gasteiger partial charge on any atom is -0.497 e. The summed E-state index contributed by atoms with van der Waals surface area (Å²) in [5.74, 6) is 2.08. The Morgan fingerprint density at radius 1 is 1.23 bits per heavy atom. The number of hydrogen-bond acceptors (Lipinski definition) is 4. The van der Waals surface area contributed by atoms with Gasteiger partial charge in [0.25, 0.3) is 0 Å². The Hall–Kier alpha value is -1.80. The smallest absolute Gasteiger partial charge is 0.211 e. The van der Waals surface area contributed by atoms with Gasteiger partial charge in [0.05, 0.1) is 19.9 Å². The Bertz CT molecular complexity index is 681. The highest BCUT2D eigenvalue weighted by Gasteiger charge is 2.24. The average Bonchev–Trinajstić information content (AvgIpc) is 2.64. The Labute approximate surface area is 156 Å². The van der Waals surface area contributed by atoms with Crippen molar-refractivity contribution in [2.24, 2.45) is 10.9 Å². The van der Waals surface area contributed by atoms with Gasteiger partial charge >= 0.3 is 0 Å². The fourth-order valence-corrected chi connectivity index (χ4v) is 3.80. The average molecular weight is 383 g/mol. The van der Waals surface area contributed by atoms with Crippen LogP contribution < -0.4 is 15.4 Å². The molecule has 1 aromatic rings. The van der Waals surface area contributed by atoms with Crippen molar-refractivity contribution < 1.29 is 13.2 Å². The second-order valence-electron chi connectivity index (χ2n) is 6.53. The predicted octanol–water partition coefficient (Wildman–Crippen LogP) is 1.42. The number of guanidine groups is 1. The Kier molecular flexibility index (Phi) is 7.71. The third-order valence-corrected chi connectivity index (χ3v) is 5.83. The molecule has 2 rings (SSSR count). The Balaban J connectivity index is 1.83. The van der Waals surface area contributed by atoms with Crippen LogP contribution in [0.3, 0.4) is 0 Å². The van der Waals surface area contributed by atoms with E-state index in [1.807, 2.05) is 31.2 Å². The van der Waals surface area contributed by atoms with Crippen LogP contribution >= 0.6 is 0 Å². The van der Waals surface area contributed by atoms with E-state index in [9.17, 15) is 8.42 Å². The molecular formula is C18H30N4O3S. The highest BCUT2D eigenvalue weighted by atomic mass is 32.2.